The summed E-state index contributed by atoms with van der Waals surface area (Å²) < 4.78 is 76.8. The van der Waals surface area contributed by atoms with E-state index in [2.05, 4.69) is 0 Å². The van der Waals surface area contributed by atoms with Crippen molar-refractivity contribution in [3.63, 3.8) is 0 Å². The summed E-state index contributed by atoms with van der Waals surface area (Å²) in [6.45, 7) is 0. The lowest BCUT2D eigenvalue weighted by Crippen LogP contribution is -2.11. The monoisotopic (exact) mass is 352 g/mol. The van der Waals surface area contributed by atoms with E-state index in [0.29, 0.717) is 12.1 Å². The van der Waals surface area contributed by atoms with Crippen LogP contribution in [0.3, 0.4) is 0 Å². The number of rotatable bonds is 2. The fraction of sp³-hybridized carbons (Fsp3) is 0.133. The van der Waals surface area contributed by atoms with Crippen molar-refractivity contribution >= 4 is 16.8 Å². The molecule has 0 aliphatic rings. The molecule has 0 unspecified atom stereocenters. The number of carbonyl (C=O) groups is 1. The van der Waals surface area contributed by atoms with Gasteiger partial charge in [0.2, 0.25) is 0 Å². The van der Waals surface area contributed by atoms with Crippen LogP contribution >= 0.6 is 11.6 Å². The van der Waals surface area contributed by atoms with Gasteiger partial charge in [-0.2, -0.15) is 26.3 Å². The quantitative estimate of drug-likeness (QED) is 0.495. The maximum absolute atomic E-state index is 12.8. The van der Waals surface area contributed by atoms with E-state index in [0.717, 1.165) is 0 Å². The molecular formula is C15H7ClF6O. The lowest BCUT2D eigenvalue weighted by Gasteiger charge is -2.14. The average molecular weight is 353 g/mol. The largest absolute Gasteiger partial charge is 0.416 e. The predicted octanol–water partition coefficient (Wildman–Crippen LogP) is 5.77. The van der Waals surface area contributed by atoms with Crippen LogP contribution in [0.2, 0.25) is 0 Å². The molecule has 0 radical (unpaired) electrons. The van der Waals surface area contributed by atoms with Crippen LogP contribution in [0.1, 0.15) is 21.5 Å². The maximum atomic E-state index is 12.8. The summed E-state index contributed by atoms with van der Waals surface area (Å²) in [4.78, 5) is 10.9. The number of hydrogen-bond acceptors (Lipinski definition) is 1. The van der Waals surface area contributed by atoms with Crippen LogP contribution in [0.4, 0.5) is 26.3 Å². The van der Waals surface area contributed by atoms with E-state index in [-0.39, 0.29) is 22.8 Å². The van der Waals surface area contributed by atoms with E-state index >= 15 is 0 Å². The fourth-order valence-electron chi connectivity index (χ4n) is 1.92. The molecule has 0 aliphatic carbocycles. The molecule has 0 N–H and O–H groups in total. The lowest BCUT2D eigenvalue weighted by molar-refractivity contribution is -0.143. The van der Waals surface area contributed by atoms with Gasteiger partial charge in [0.15, 0.2) is 0 Å². The first-order chi connectivity index (χ1) is 10.5. The Morgan fingerprint density at radius 2 is 1.17 bits per heavy atom. The number of halogens is 7. The summed E-state index contributed by atoms with van der Waals surface area (Å²) in [6.07, 6.45) is -9.83. The van der Waals surface area contributed by atoms with Crippen LogP contribution in [0.5, 0.6) is 0 Å². The highest BCUT2D eigenvalue weighted by molar-refractivity contribution is 6.67. The minimum Gasteiger partial charge on any atom is -0.276 e. The first kappa shape index (κ1) is 17.3. The summed E-state index contributed by atoms with van der Waals surface area (Å²) in [5, 5.41) is -0.781. The van der Waals surface area contributed by atoms with Crippen molar-refractivity contribution in [1.82, 2.24) is 0 Å². The Kier molecular flexibility index (Phi) is 4.43. The molecule has 1 nitrogen and oxygen atoms in total. The van der Waals surface area contributed by atoms with Gasteiger partial charge in [-0.1, -0.05) is 12.1 Å². The third kappa shape index (κ3) is 4.04. The van der Waals surface area contributed by atoms with Gasteiger partial charge in [-0.05, 0) is 53.1 Å². The molecule has 0 atom stereocenters. The second kappa shape index (κ2) is 5.88. The highest BCUT2D eigenvalue weighted by Gasteiger charge is 2.36. The normalized spacial score (nSPS) is 12.3. The molecule has 2 aromatic carbocycles. The van der Waals surface area contributed by atoms with Crippen molar-refractivity contribution in [2.24, 2.45) is 0 Å². The number of hydrogen-bond donors (Lipinski definition) is 0. The van der Waals surface area contributed by atoms with Gasteiger partial charge in [0.05, 0.1) is 11.1 Å². The molecule has 2 aromatic rings. The molecule has 0 aliphatic heterocycles. The van der Waals surface area contributed by atoms with Gasteiger partial charge in [0.1, 0.15) is 0 Å². The van der Waals surface area contributed by atoms with Crippen LogP contribution in [-0.2, 0) is 12.4 Å². The van der Waals surface area contributed by atoms with E-state index in [1.54, 1.807) is 0 Å². The topological polar surface area (TPSA) is 17.1 Å². The zero-order chi connectivity index (χ0) is 17.4. The second-order valence-electron chi connectivity index (χ2n) is 4.65. The van der Waals surface area contributed by atoms with Crippen LogP contribution in [0.15, 0.2) is 42.5 Å². The van der Waals surface area contributed by atoms with Crippen LogP contribution in [-0.4, -0.2) is 5.24 Å². The molecule has 0 saturated heterocycles. The number of alkyl halides is 6. The molecule has 0 fully saturated rings. The summed E-state index contributed by atoms with van der Waals surface area (Å²) in [6, 6.07) is 6.19. The molecule has 0 aromatic heterocycles. The average Bonchev–Trinajstić information content (AvgIpc) is 2.45. The predicted molar refractivity (Wildman–Crippen MR) is 72.1 cm³/mol. The van der Waals surface area contributed by atoms with Crippen molar-refractivity contribution in [2.75, 3.05) is 0 Å². The highest BCUT2D eigenvalue weighted by Crippen LogP contribution is 2.38. The minimum atomic E-state index is -4.91. The summed E-state index contributed by atoms with van der Waals surface area (Å²) in [5.41, 5.74) is -2.89. The second-order valence-corrected chi connectivity index (χ2v) is 4.99. The Labute approximate surface area is 131 Å². The molecule has 0 bridgehead atoms. The molecular weight excluding hydrogens is 346 g/mol. The van der Waals surface area contributed by atoms with Gasteiger partial charge >= 0.3 is 12.4 Å². The van der Waals surface area contributed by atoms with Crippen molar-refractivity contribution in [3.05, 3.63) is 59.2 Å². The van der Waals surface area contributed by atoms with Crippen LogP contribution < -0.4 is 0 Å². The van der Waals surface area contributed by atoms with Crippen molar-refractivity contribution < 1.29 is 31.1 Å². The number of benzene rings is 2. The summed E-state index contributed by atoms with van der Waals surface area (Å²) >= 11 is 5.24. The van der Waals surface area contributed by atoms with Crippen molar-refractivity contribution in [3.8, 4) is 11.1 Å². The first-order valence-corrected chi connectivity index (χ1v) is 6.46. The summed E-state index contributed by atoms with van der Waals surface area (Å²) in [5.74, 6) is 0. The Bertz CT molecular complexity index is 699. The van der Waals surface area contributed by atoms with E-state index in [1.807, 2.05) is 0 Å². The first-order valence-electron chi connectivity index (χ1n) is 6.08. The standard InChI is InChI=1S/C15H7ClF6O/c16-13(23)9-3-1-8(2-4-9)10-5-11(14(17,18)19)7-12(6-10)15(20,21)22/h1-7H. The number of carbonyl (C=O) groups excluding carboxylic acids is 1. The molecule has 0 saturated carbocycles. The fourth-order valence-corrected chi connectivity index (χ4v) is 2.04. The molecule has 0 spiro atoms. The Hall–Kier alpha value is -2.02. The highest BCUT2D eigenvalue weighted by atomic mass is 35.5. The van der Waals surface area contributed by atoms with E-state index in [4.69, 9.17) is 11.6 Å². The van der Waals surface area contributed by atoms with Gasteiger partial charge < -0.3 is 0 Å². The third-order valence-electron chi connectivity index (χ3n) is 3.03. The summed E-state index contributed by atoms with van der Waals surface area (Å²) in [7, 11) is 0. The lowest BCUT2D eigenvalue weighted by atomic mass is 9.98. The SMILES string of the molecule is O=C(Cl)c1ccc(-c2cc(C(F)(F)F)cc(C(F)(F)F)c2)cc1. The zero-order valence-electron chi connectivity index (χ0n) is 11.1. The molecule has 8 heteroatoms. The van der Waals surface area contributed by atoms with Gasteiger partial charge in [0, 0.05) is 5.56 Å². The Morgan fingerprint density at radius 3 is 1.52 bits per heavy atom. The van der Waals surface area contributed by atoms with E-state index in [9.17, 15) is 31.1 Å². The van der Waals surface area contributed by atoms with E-state index < -0.39 is 28.7 Å². The van der Waals surface area contributed by atoms with Gasteiger partial charge in [-0.25, -0.2) is 0 Å². The molecule has 0 amide bonds. The molecule has 122 valence electrons. The van der Waals surface area contributed by atoms with E-state index in [1.165, 1.54) is 24.3 Å². The molecule has 2 rings (SSSR count). The smallest absolute Gasteiger partial charge is 0.276 e. The zero-order valence-corrected chi connectivity index (χ0v) is 11.9. The van der Waals surface area contributed by atoms with Gasteiger partial charge in [-0.3, -0.25) is 4.79 Å². The minimum absolute atomic E-state index is 0.0557. The molecule has 23 heavy (non-hydrogen) atoms. The van der Waals surface area contributed by atoms with Gasteiger partial charge in [0.25, 0.3) is 5.24 Å². The van der Waals surface area contributed by atoms with Crippen LogP contribution in [0, 0.1) is 0 Å². The van der Waals surface area contributed by atoms with Crippen LogP contribution in [0.25, 0.3) is 11.1 Å². The Morgan fingerprint density at radius 1 is 0.739 bits per heavy atom. The van der Waals surface area contributed by atoms with Gasteiger partial charge in [-0.15, -0.1) is 0 Å². The third-order valence-corrected chi connectivity index (χ3v) is 3.25. The van der Waals surface area contributed by atoms with Crippen molar-refractivity contribution in [1.29, 1.82) is 0 Å². The maximum Gasteiger partial charge on any atom is 0.416 e. The van der Waals surface area contributed by atoms with Crippen molar-refractivity contribution in [2.45, 2.75) is 12.4 Å². The molecule has 0 heterocycles. The Balaban J connectivity index is 2.59.